The number of nitrogens with one attached hydrogen (secondary N) is 1. The van der Waals surface area contributed by atoms with Crippen molar-refractivity contribution in [2.45, 2.75) is 19.9 Å². The minimum atomic E-state index is -0.878. The van der Waals surface area contributed by atoms with Crippen LogP contribution in [-0.4, -0.2) is 22.8 Å². The van der Waals surface area contributed by atoms with Crippen molar-refractivity contribution in [1.29, 1.82) is 0 Å². The van der Waals surface area contributed by atoms with Crippen LogP contribution in [0.2, 0.25) is 0 Å². The Morgan fingerprint density at radius 3 is 2.59 bits per heavy atom. The van der Waals surface area contributed by atoms with Gasteiger partial charge in [0.1, 0.15) is 6.04 Å². The van der Waals surface area contributed by atoms with Crippen molar-refractivity contribution in [3.63, 3.8) is 0 Å². The second-order valence-corrected chi connectivity index (χ2v) is 3.94. The first-order valence-corrected chi connectivity index (χ1v) is 5.14. The zero-order valence-electron chi connectivity index (χ0n) is 9.61. The van der Waals surface area contributed by atoms with Gasteiger partial charge in [-0.05, 0) is 18.1 Å². The van der Waals surface area contributed by atoms with Gasteiger partial charge in [0.15, 0.2) is 0 Å². The summed E-state index contributed by atoms with van der Waals surface area (Å²) in [6.45, 7) is 3.46. The molecular formula is C11H14FN3O2. The van der Waals surface area contributed by atoms with E-state index in [1.807, 2.05) is 0 Å². The second kappa shape index (κ2) is 5.38. The molecule has 0 radical (unpaired) electrons. The van der Waals surface area contributed by atoms with Crippen LogP contribution in [-0.2, 0) is 4.79 Å². The molecule has 0 aromatic carbocycles. The summed E-state index contributed by atoms with van der Waals surface area (Å²) in [6, 6.07) is 1.89. The number of halogens is 1. The maximum Gasteiger partial charge on any atom is 0.256 e. The van der Waals surface area contributed by atoms with Crippen molar-refractivity contribution >= 4 is 11.8 Å². The van der Waals surface area contributed by atoms with Crippen molar-refractivity contribution in [3.05, 3.63) is 29.8 Å². The molecule has 1 atom stereocenters. The third-order valence-corrected chi connectivity index (χ3v) is 2.26. The average Bonchev–Trinajstić information content (AvgIpc) is 2.25. The SMILES string of the molecule is CC(C)C(NC(=O)c1cccnc1F)C(N)=O. The van der Waals surface area contributed by atoms with E-state index >= 15 is 0 Å². The van der Waals surface area contributed by atoms with Gasteiger partial charge in [-0.3, -0.25) is 9.59 Å². The number of pyridine rings is 1. The maximum atomic E-state index is 13.2. The minimum absolute atomic E-state index is 0.170. The fourth-order valence-corrected chi connectivity index (χ4v) is 1.34. The van der Waals surface area contributed by atoms with Crippen LogP contribution in [0.15, 0.2) is 18.3 Å². The molecule has 1 aromatic rings. The van der Waals surface area contributed by atoms with E-state index in [1.54, 1.807) is 13.8 Å². The number of hydrogen-bond donors (Lipinski definition) is 2. The molecule has 2 amide bonds. The molecule has 1 rings (SSSR count). The van der Waals surface area contributed by atoms with Crippen molar-refractivity contribution < 1.29 is 14.0 Å². The fraction of sp³-hybridized carbons (Fsp3) is 0.364. The van der Waals surface area contributed by atoms with Crippen LogP contribution < -0.4 is 11.1 Å². The Morgan fingerprint density at radius 1 is 1.47 bits per heavy atom. The monoisotopic (exact) mass is 239 g/mol. The summed E-state index contributed by atoms with van der Waals surface area (Å²) in [7, 11) is 0. The van der Waals surface area contributed by atoms with Gasteiger partial charge in [-0.2, -0.15) is 4.39 Å². The van der Waals surface area contributed by atoms with E-state index in [9.17, 15) is 14.0 Å². The van der Waals surface area contributed by atoms with Crippen LogP contribution in [0, 0.1) is 11.9 Å². The molecule has 0 aliphatic rings. The number of aromatic nitrogens is 1. The van der Waals surface area contributed by atoms with Crippen LogP contribution in [0.5, 0.6) is 0 Å². The summed E-state index contributed by atoms with van der Waals surface area (Å²) in [5.41, 5.74) is 4.93. The first kappa shape index (κ1) is 13.1. The van der Waals surface area contributed by atoms with Crippen molar-refractivity contribution in [3.8, 4) is 0 Å². The molecule has 1 heterocycles. The van der Waals surface area contributed by atoms with Crippen LogP contribution in [0.3, 0.4) is 0 Å². The van der Waals surface area contributed by atoms with Gasteiger partial charge in [0.25, 0.3) is 5.91 Å². The molecule has 17 heavy (non-hydrogen) atoms. The van der Waals surface area contributed by atoms with Gasteiger partial charge in [-0.1, -0.05) is 13.8 Å². The highest BCUT2D eigenvalue weighted by Crippen LogP contribution is 2.06. The summed E-state index contributed by atoms with van der Waals surface area (Å²) < 4.78 is 13.2. The van der Waals surface area contributed by atoms with Gasteiger partial charge in [-0.25, -0.2) is 4.98 Å². The van der Waals surface area contributed by atoms with E-state index in [4.69, 9.17) is 5.73 Å². The Balaban J connectivity index is 2.85. The Morgan fingerprint density at radius 2 is 2.12 bits per heavy atom. The Labute approximate surface area is 98.2 Å². The number of nitrogens with zero attached hydrogens (tertiary/aromatic N) is 1. The van der Waals surface area contributed by atoms with Crippen molar-refractivity contribution in [2.75, 3.05) is 0 Å². The zero-order valence-corrected chi connectivity index (χ0v) is 9.61. The summed E-state index contributed by atoms with van der Waals surface area (Å²) in [5.74, 6) is -2.40. The lowest BCUT2D eigenvalue weighted by Crippen LogP contribution is -2.47. The molecule has 92 valence electrons. The largest absolute Gasteiger partial charge is 0.368 e. The average molecular weight is 239 g/mol. The number of carbonyl (C=O) groups is 2. The number of rotatable bonds is 4. The molecule has 0 saturated heterocycles. The molecular weight excluding hydrogens is 225 g/mol. The zero-order chi connectivity index (χ0) is 13.0. The molecule has 5 nitrogen and oxygen atoms in total. The molecule has 0 saturated carbocycles. The molecule has 1 unspecified atom stereocenters. The second-order valence-electron chi connectivity index (χ2n) is 3.94. The quantitative estimate of drug-likeness (QED) is 0.748. The van der Waals surface area contributed by atoms with Gasteiger partial charge >= 0.3 is 0 Å². The van der Waals surface area contributed by atoms with E-state index in [0.29, 0.717) is 0 Å². The van der Waals surface area contributed by atoms with E-state index in [2.05, 4.69) is 10.3 Å². The predicted octanol–water partition coefficient (Wildman–Crippen LogP) is 0.460. The number of primary amides is 1. The van der Waals surface area contributed by atoms with E-state index < -0.39 is 23.8 Å². The third-order valence-electron chi connectivity index (χ3n) is 2.26. The highest BCUT2D eigenvalue weighted by molar-refractivity contribution is 5.97. The predicted molar refractivity (Wildman–Crippen MR) is 59.5 cm³/mol. The first-order valence-electron chi connectivity index (χ1n) is 5.14. The first-order chi connectivity index (χ1) is 7.93. The summed E-state index contributed by atoms with van der Waals surface area (Å²) in [5, 5.41) is 2.38. The highest BCUT2D eigenvalue weighted by atomic mass is 19.1. The van der Waals surface area contributed by atoms with Gasteiger partial charge in [-0.15, -0.1) is 0 Å². The fourth-order valence-electron chi connectivity index (χ4n) is 1.34. The van der Waals surface area contributed by atoms with Crippen LogP contribution in [0.25, 0.3) is 0 Å². The van der Waals surface area contributed by atoms with Crippen molar-refractivity contribution in [2.24, 2.45) is 11.7 Å². The lowest BCUT2D eigenvalue weighted by molar-refractivity contribution is -0.120. The van der Waals surface area contributed by atoms with Crippen LogP contribution in [0.4, 0.5) is 4.39 Å². The van der Waals surface area contributed by atoms with Crippen LogP contribution >= 0.6 is 0 Å². The normalized spacial score (nSPS) is 12.2. The maximum absolute atomic E-state index is 13.2. The highest BCUT2D eigenvalue weighted by Gasteiger charge is 2.23. The number of carbonyl (C=O) groups excluding carboxylic acids is 2. The van der Waals surface area contributed by atoms with Gasteiger partial charge < -0.3 is 11.1 Å². The number of nitrogens with two attached hydrogens (primary N) is 1. The van der Waals surface area contributed by atoms with Gasteiger partial charge in [0.2, 0.25) is 11.9 Å². The number of hydrogen-bond acceptors (Lipinski definition) is 3. The minimum Gasteiger partial charge on any atom is -0.368 e. The van der Waals surface area contributed by atoms with Gasteiger partial charge in [0.05, 0.1) is 5.56 Å². The lowest BCUT2D eigenvalue weighted by atomic mass is 10.0. The number of amides is 2. The van der Waals surface area contributed by atoms with E-state index in [0.717, 1.165) is 0 Å². The van der Waals surface area contributed by atoms with E-state index in [1.165, 1.54) is 18.3 Å². The molecule has 0 aliphatic heterocycles. The summed E-state index contributed by atoms with van der Waals surface area (Å²) in [6.07, 6.45) is 1.24. The van der Waals surface area contributed by atoms with Gasteiger partial charge in [0, 0.05) is 6.20 Å². The summed E-state index contributed by atoms with van der Waals surface area (Å²) >= 11 is 0. The molecule has 1 aromatic heterocycles. The summed E-state index contributed by atoms with van der Waals surface area (Å²) in [4.78, 5) is 26.1. The third kappa shape index (κ3) is 3.24. The van der Waals surface area contributed by atoms with E-state index in [-0.39, 0.29) is 11.5 Å². The molecule has 6 heteroatoms. The molecule has 0 fully saturated rings. The van der Waals surface area contributed by atoms with Crippen molar-refractivity contribution in [1.82, 2.24) is 10.3 Å². The topological polar surface area (TPSA) is 85.1 Å². The molecule has 0 bridgehead atoms. The molecule has 0 spiro atoms. The molecule has 0 aliphatic carbocycles. The Bertz CT molecular complexity index is 434. The van der Waals surface area contributed by atoms with Crippen LogP contribution in [0.1, 0.15) is 24.2 Å². The standard InChI is InChI=1S/C11H14FN3O2/c1-6(2)8(10(13)16)15-11(17)7-4-3-5-14-9(7)12/h3-6,8H,1-2H3,(H2,13,16)(H,15,17). The Kier molecular flexibility index (Phi) is 4.14. The lowest BCUT2D eigenvalue weighted by Gasteiger charge is -2.18. The molecule has 3 N–H and O–H groups in total. The Hall–Kier alpha value is -1.98. The smallest absolute Gasteiger partial charge is 0.256 e.